The average molecular weight is 1160 g/mol. The van der Waals surface area contributed by atoms with Gasteiger partial charge in [0.25, 0.3) is 0 Å². The summed E-state index contributed by atoms with van der Waals surface area (Å²) in [7, 11) is 5.31. The minimum absolute atomic E-state index is 0.118. The van der Waals surface area contributed by atoms with Crippen LogP contribution >= 0.6 is 34.0 Å². The molecule has 0 aromatic carbocycles. The molecule has 9 nitrogen and oxygen atoms in total. The number of ether oxygens (including phenoxy) is 6. The zero-order chi connectivity index (χ0) is 55.7. The maximum Gasteiger partial charge on any atom is 0.132 e. The minimum Gasteiger partial charge on any atom is -0.496 e. The first kappa shape index (κ1) is 60.0. The molecule has 3 saturated carbocycles. The molecule has 438 valence electrons. The van der Waals surface area contributed by atoms with Gasteiger partial charge >= 0.3 is 0 Å². The number of thiophene rings is 3. The van der Waals surface area contributed by atoms with Crippen molar-refractivity contribution in [3.05, 3.63) is 139 Å². The van der Waals surface area contributed by atoms with Gasteiger partial charge in [-0.2, -0.15) is 0 Å². The standard InChI is InChI=1S/3C23H31NO2S/c3*1-25-19-10-17-27-20(19)8-2-4-11-22(21-9-3-7-15-24-21)14-16-26-23(18-22)12-5-6-13-23/h3*3,7,9-10,15,17H,2,4-6,8,11-14,16,18H2,1H3/t2*22-;/m10./s1. The molecule has 0 N–H and O–H groups in total. The van der Waals surface area contributed by atoms with Crippen molar-refractivity contribution in [2.75, 3.05) is 41.2 Å². The summed E-state index contributed by atoms with van der Waals surface area (Å²) in [5.74, 6) is 3.15. The molecule has 6 aromatic rings. The van der Waals surface area contributed by atoms with Gasteiger partial charge in [-0.05, 0) is 206 Å². The first-order chi connectivity index (χ1) is 39.8. The van der Waals surface area contributed by atoms with Crippen molar-refractivity contribution in [1.82, 2.24) is 15.0 Å². The van der Waals surface area contributed by atoms with Gasteiger partial charge in [-0.15, -0.1) is 34.0 Å². The summed E-state index contributed by atoms with van der Waals surface area (Å²) in [5, 5.41) is 6.39. The van der Waals surface area contributed by atoms with Crippen molar-refractivity contribution in [3.8, 4) is 17.2 Å². The Kier molecular flexibility index (Phi) is 21.2. The second-order valence-corrected chi connectivity index (χ2v) is 27.8. The third kappa shape index (κ3) is 14.9. The van der Waals surface area contributed by atoms with Gasteiger partial charge in [0.15, 0.2) is 0 Å². The lowest BCUT2D eigenvalue weighted by Crippen LogP contribution is -2.46. The van der Waals surface area contributed by atoms with E-state index in [0.29, 0.717) is 0 Å². The van der Waals surface area contributed by atoms with Crippen LogP contribution in [0.4, 0.5) is 0 Å². The number of hydrogen-bond acceptors (Lipinski definition) is 12. The predicted molar refractivity (Wildman–Crippen MR) is 332 cm³/mol. The Bertz CT molecular complexity index is 2470. The lowest BCUT2D eigenvalue weighted by Gasteiger charge is -2.46. The van der Waals surface area contributed by atoms with Crippen molar-refractivity contribution in [2.24, 2.45) is 0 Å². The van der Waals surface area contributed by atoms with Crippen molar-refractivity contribution in [1.29, 1.82) is 0 Å². The average Bonchev–Trinajstić information content (AvgIpc) is 4.47. The smallest absolute Gasteiger partial charge is 0.132 e. The highest BCUT2D eigenvalue weighted by molar-refractivity contribution is 7.10. The number of unbranched alkanes of at least 4 members (excludes halogenated alkanes) is 3. The fourth-order valence-corrected chi connectivity index (χ4v) is 18.4. The Labute approximate surface area is 497 Å². The first-order valence-corrected chi connectivity index (χ1v) is 33.9. The van der Waals surface area contributed by atoms with E-state index in [4.69, 9.17) is 43.4 Å². The summed E-state index contributed by atoms with van der Waals surface area (Å²) in [6.07, 6.45) is 42.2. The third-order valence-electron chi connectivity index (χ3n) is 19.8. The molecule has 3 spiro atoms. The summed E-state index contributed by atoms with van der Waals surface area (Å²) in [6, 6.07) is 25.5. The zero-order valence-electron chi connectivity index (χ0n) is 49.2. The molecule has 81 heavy (non-hydrogen) atoms. The van der Waals surface area contributed by atoms with Crippen LogP contribution in [0.15, 0.2) is 108 Å². The van der Waals surface area contributed by atoms with Crippen molar-refractivity contribution in [3.63, 3.8) is 0 Å². The van der Waals surface area contributed by atoms with Crippen LogP contribution in [0.5, 0.6) is 17.2 Å². The summed E-state index contributed by atoms with van der Waals surface area (Å²) in [6.45, 7) is 2.65. The lowest BCUT2D eigenvalue weighted by molar-refractivity contribution is -0.105. The SMILES string of the molecule is COc1ccsc1CCCCC1(c2ccccn2)CCOC2(CCCC2)C1.COc1ccsc1CCCC[C@@]1(c2ccccn2)CCOC2(CCCC2)C1.COc1ccsc1CCCC[C@]1(c2ccccn2)CCOC2(CCCC2)C1. The molecule has 1 unspecified atom stereocenters. The highest BCUT2D eigenvalue weighted by Crippen LogP contribution is 2.53. The highest BCUT2D eigenvalue weighted by Gasteiger charge is 2.51. The molecule has 0 bridgehead atoms. The topological polar surface area (TPSA) is 94.1 Å². The molecular formula is C69H93N3O6S3. The first-order valence-electron chi connectivity index (χ1n) is 31.2. The second-order valence-electron chi connectivity index (χ2n) is 24.8. The Morgan fingerprint density at radius 3 is 0.938 bits per heavy atom. The monoisotopic (exact) mass is 1160 g/mol. The number of hydrogen-bond donors (Lipinski definition) is 0. The molecule has 3 atom stereocenters. The fraction of sp³-hybridized carbons (Fsp3) is 0.609. The molecule has 6 aromatic heterocycles. The van der Waals surface area contributed by atoms with E-state index in [2.05, 4.69) is 70.7 Å². The number of pyridine rings is 3. The van der Waals surface area contributed by atoms with Crippen LogP contribution in [0.25, 0.3) is 0 Å². The van der Waals surface area contributed by atoms with Gasteiger partial charge in [0, 0.05) is 86.4 Å². The summed E-state index contributed by atoms with van der Waals surface area (Å²) < 4.78 is 35.5. The van der Waals surface area contributed by atoms with E-state index < -0.39 is 0 Å². The van der Waals surface area contributed by atoms with Gasteiger partial charge in [0.1, 0.15) is 17.2 Å². The van der Waals surface area contributed by atoms with Crippen LogP contribution in [0.3, 0.4) is 0 Å². The molecule has 3 aliphatic heterocycles. The molecule has 6 fully saturated rings. The maximum absolute atomic E-state index is 6.36. The van der Waals surface area contributed by atoms with Gasteiger partial charge in [-0.3, -0.25) is 15.0 Å². The quantitative estimate of drug-likeness (QED) is 0.0653. The number of methoxy groups -OCH3 is 3. The molecule has 0 radical (unpaired) electrons. The molecule has 6 aliphatic rings. The zero-order valence-corrected chi connectivity index (χ0v) is 51.7. The Hall–Kier alpha value is -4.17. The summed E-state index contributed by atoms with van der Waals surface area (Å²) in [5.41, 5.74) is 4.76. The van der Waals surface area contributed by atoms with E-state index in [1.807, 2.05) is 70.8 Å². The number of rotatable bonds is 21. The largest absolute Gasteiger partial charge is 0.496 e. The summed E-state index contributed by atoms with van der Waals surface area (Å²) >= 11 is 5.44. The van der Waals surface area contributed by atoms with Crippen molar-refractivity contribution < 1.29 is 28.4 Å². The minimum atomic E-state index is 0.118. The Balaban J connectivity index is 0.000000136. The molecular weight excluding hydrogens is 1060 g/mol. The molecule has 3 saturated heterocycles. The van der Waals surface area contributed by atoms with E-state index >= 15 is 0 Å². The number of nitrogens with zero attached hydrogens (tertiary/aromatic N) is 3. The molecule has 3 aliphatic carbocycles. The van der Waals surface area contributed by atoms with E-state index in [1.54, 1.807) is 21.3 Å². The highest BCUT2D eigenvalue weighted by atomic mass is 32.1. The van der Waals surface area contributed by atoms with Crippen molar-refractivity contribution in [2.45, 2.75) is 226 Å². The van der Waals surface area contributed by atoms with Gasteiger partial charge < -0.3 is 28.4 Å². The number of aryl methyl sites for hydroxylation is 3. The Morgan fingerprint density at radius 2 is 0.679 bits per heavy atom. The van der Waals surface area contributed by atoms with Crippen molar-refractivity contribution >= 4 is 34.0 Å². The van der Waals surface area contributed by atoms with Gasteiger partial charge in [-0.1, -0.05) is 76.0 Å². The maximum atomic E-state index is 6.36. The van der Waals surface area contributed by atoms with Crippen LogP contribution in [-0.4, -0.2) is 72.9 Å². The summed E-state index contributed by atoms with van der Waals surface area (Å²) in [4.78, 5) is 18.6. The predicted octanol–water partition coefficient (Wildman–Crippen LogP) is 17.8. The van der Waals surface area contributed by atoms with Crippen LogP contribution in [0.2, 0.25) is 0 Å². The van der Waals surface area contributed by atoms with Gasteiger partial charge in [0.05, 0.1) is 38.1 Å². The Morgan fingerprint density at radius 1 is 0.383 bits per heavy atom. The molecule has 12 heteroatoms. The lowest BCUT2D eigenvalue weighted by atomic mass is 9.67. The van der Waals surface area contributed by atoms with E-state index in [-0.39, 0.29) is 33.0 Å². The normalized spacial score (nSPS) is 24.3. The molecule has 0 amide bonds. The van der Waals surface area contributed by atoms with E-state index in [1.165, 1.54) is 167 Å². The van der Waals surface area contributed by atoms with Crippen LogP contribution in [0, 0.1) is 0 Å². The third-order valence-corrected chi connectivity index (χ3v) is 22.7. The van der Waals surface area contributed by atoms with Crippen LogP contribution in [-0.2, 0) is 49.7 Å². The van der Waals surface area contributed by atoms with E-state index in [0.717, 1.165) is 94.9 Å². The van der Waals surface area contributed by atoms with Crippen LogP contribution in [0.1, 0.15) is 205 Å². The van der Waals surface area contributed by atoms with Gasteiger partial charge in [0.2, 0.25) is 0 Å². The van der Waals surface area contributed by atoms with E-state index in [9.17, 15) is 0 Å². The fourth-order valence-electron chi connectivity index (χ4n) is 15.7. The van der Waals surface area contributed by atoms with Gasteiger partial charge in [-0.25, -0.2) is 0 Å². The second kappa shape index (κ2) is 28.6. The molecule has 12 rings (SSSR count). The van der Waals surface area contributed by atoms with Crippen LogP contribution < -0.4 is 14.2 Å². The molecule has 9 heterocycles. The number of aromatic nitrogens is 3.